The van der Waals surface area contributed by atoms with Gasteiger partial charge in [0.15, 0.2) is 5.13 Å². The Morgan fingerprint density at radius 2 is 2.17 bits per heavy atom. The Labute approximate surface area is 146 Å². The first-order chi connectivity index (χ1) is 11.2. The minimum absolute atomic E-state index is 0.0838. The van der Waals surface area contributed by atoms with Crippen LogP contribution in [-0.4, -0.2) is 10.9 Å². The van der Waals surface area contributed by atoms with Crippen molar-refractivity contribution in [3.05, 3.63) is 45.9 Å². The second kappa shape index (κ2) is 7.93. The summed E-state index contributed by atoms with van der Waals surface area (Å²) in [6, 6.07) is 7.82. The van der Waals surface area contributed by atoms with Gasteiger partial charge in [-0.25, -0.2) is 4.98 Å². The highest BCUT2D eigenvalue weighted by atomic mass is 35.5. The summed E-state index contributed by atoms with van der Waals surface area (Å²) in [5.41, 5.74) is 1.15. The molecule has 1 saturated carbocycles. The first kappa shape index (κ1) is 16.5. The molecule has 2 aromatic rings. The van der Waals surface area contributed by atoms with Gasteiger partial charge in [0.05, 0.1) is 0 Å². The van der Waals surface area contributed by atoms with Gasteiger partial charge in [-0.2, -0.15) is 0 Å². The third-order valence-electron chi connectivity index (χ3n) is 4.32. The number of amides is 1. The molecule has 0 unspecified atom stereocenters. The zero-order valence-electron chi connectivity index (χ0n) is 13.1. The molecule has 1 aliphatic carbocycles. The number of carbonyl (C=O) groups is 1. The van der Waals surface area contributed by atoms with E-state index in [1.54, 1.807) is 0 Å². The number of anilines is 1. The zero-order chi connectivity index (χ0) is 16.1. The molecule has 0 aliphatic heterocycles. The maximum absolute atomic E-state index is 12.0. The van der Waals surface area contributed by atoms with Crippen molar-refractivity contribution in [2.75, 3.05) is 5.32 Å². The van der Waals surface area contributed by atoms with Crippen LogP contribution in [0.2, 0.25) is 5.02 Å². The highest BCUT2D eigenvalue weighted by Gasteiger charge is 2.16. The van der Waals surface area contributed by atoms with Crippen molar-refractivity contribution in [3.8, 4) is 0 Å². The number of halogens is 1. The summed E-state index contributed by atoms with van der Waals surface area (Å²) < 4.78 is 0. The highest BCUT2D eigenvalue weighted by Crippen LogP contribution is 2.29. The van der Waals surface area contributed by atoms with Crippen LogP contribution in [0.25, 0.3) is 0 Å². The van der Waals surface area contributed by atoms with Gasteiger partial charge in [0.1, 0.15) is 0 Å². The molecule has 1 heterocycles. The summed E-state index contributed by atoms with van der Waals surface area (Å²) in [5.74, 6) is 0.830. The molecule has 1 fully saturated rings. The molecule has 0 saturated heterocycles. The van der Waals surface area contributed by atoms with Crippen LogP contribution in [0.1, 0.15) is 49.0 Å². The molecule has 1 aromatic heterocycles. The SMILES string of the molecule is O=C(CCC1CCCC1)Nc1ncc(Cc2cccc(Cl)c2)s1. The Morgan fingerprint density at radius 1 is 1.35 bits per heavy atom. The van der Waals surface area contributed by atoms with E-state index in [9.17, 15) is 4.79 Å². The number of hydrogen-bond acceptors (Lipinski definition) is 3. The average Bonchev–Trinajstić information content (AvgIpc) is 3.17. The first-order valence-electron chi connectivity index (χ1n) is 8.18. The van der Waals surface area contributed by atoms with E-state index in [4.69, 9.17) is 11.6 Å². The minimum Gasteiger partial charge on any atom is -0.302 e. The third kappa shape index (κ3) is 5.05. The van der Waals surface area contributed by atoms with E-state index in [1.807, 2.05) is 30.5 Å². The molecule has 122 valence electrons. The monoisotopic (exact) mass is 348 g/mol. The van der Waals surface area contributed by atoms with Crippen LogP contribution in [-0.2, 0) is 11.2 Å². The van der Waals surface area contributed by atoms with E-state index in [0.29, 0.717) is 11.6 Å². The fraction of sp³-hybridized carbons (Fsp3) is 0.444. The standard InChI is InChI=1S/C18H21ClN2OS/c19-15-7-3-6-14(10-15)11-16-12-20-18(23-16)21-17(22)9-8-13-4-1-2-5-13/h3,6-7,10,12-13H,1-2,4-5,8-9,11H2,(H,20,21,22). The topological polar surface area (TPSA) is 42.0 Å². The molecular formula is C18H21ClN2OS. The van der Waals surface area contributed by atoms with Gasteiger partial charge in [0.2, 0.25) is 5.91 Å². The van der Waals surface area contributed by atoms with Crippen LogP contribution < -0.4 is 5.32 Å². The second-order valence-electron chi connectivity index (χ2n) is 6.18. The lowest BCUT2D eigenvalue weighted by Crippen LogP contribution is -2.12. The van der Waals surface area contributed by atoms with Gasteiger partial charge in [-0.05, 0) is 30.0 Å². The van der Waals surface area contributed by atoms with Gasteiger partial charge in [0.25, 0.3) is 0 Å². The zero-order valence-corrected chi connectivity index (χ0v) is 14.6. The average molecular weight is 349 g/mol. The third-order valence-corrected chi connectivity index (χ3v) is 5.47. The van der Waals surface area contributed by atoms with E-state index in [-0.39, 0.29) is 5.91 Å². The molecule has 23 heavy (non-hydrogen) atoms. The number of hydrogen-bond donors (Lipinski definition) is 1. The number of aromatic nitrogens is 1. The molecule has 1 aromatic carbocycles. The first-order valence-corrected chi connectivity index (χ1v) is 9.37. The lowest BCUT2D eigenvalue weighted by Gasteiger charge is -2.07. The van der Waals surface area contributed by atoms with Crippen LogP contribution >= 0.6 is 22.9 Å². The molecular weight excluding hydrogens is 328 g/mol. The Balaban J connectivity index is 1.49. The second-order valence-corrected chi connectivity index (χ2v) is 7.73. The van der Waals surface area contributed by atoms with Crippen LogP contribution in [0.5, 0.6) is 0 Å². The van der Waals surface area contributed by atoms with Crippen LogP contribution in [0.15, 0.2) is 30.5 Å². The predicted molar refractivity (Wildman–Crippen MR) is 96.2 cm³/mol. The van der Waals surface area contributed by atoms with Gasteiger partial charge in [0, 0.05) is 28.9 Å². The van der Waals surface area contributed by atoms with Crippen LogP contribution in [0, 0.1) is 5.92 Å². The van der Waals surface area contributed by atoms with Gasteiger partial charge in [-0.3, -0.25) is 4.79 Å². The van der Waals surface area contributed by atoms with Crippen molar-refractivity contribution in [1.82, 2.24) is 4.98 Å². The van der Waals surface area contributed by atoms with Crippen molar-refractivity contribution in [2.24, 2.45) is 5.92 Å². The fourth-order valence-corrected chi connectivity index (χ4v) is 4.19. The summed E-state index contributed by atoms with van der Waals surface area (Å²) in [5, 5.41) is 4.36. The fourth-order valence-electron chi connectivity index (χ4n) is 3.11. The van der Waals surface area contributed by atoms with Crippen molar-refractivity contribution >= 4 is 34.0 Å². The molecule has 5 heteroatoms. The Morgan fingerprint density at radius 3 is 2.96 bits per heavy atom. The number of nitrogens with one attached hydrogen (secondary N) is 1. The summed E-state index contributed by atoms with van der Waals surface area (Å²) in [6.45, 7) is 0. The van der Waals surface area contributed by atoms with Gasteiger partial charge < -0.3 is 5.32 Å². The summed E-state index contributed by atoms with van der Waals surface area (Å²) in [6.07, 6.45) is 9.45. The maximum atomic E-state index is 12.0. The van der Waals surface area contributed by atoms with E-state index >= 15 is 0 Å². The largest absolute Gasteiger partial charge is 0.302 e. The van der Waals surface area contributed by atoms with Crippen LogP contribution in [0.4, 0.5) is 5.13 Å². The Hall–Kier alpha value is -1.39. The Kier molecular flexibility index (Phi) is 5.68. The summed E-state index contributed by atoms with van der Waals surface area (Å²) >= 11 is 7.54. The number of benzene rings is 1. The molecule has 0 atom stereocenters. The smallest absolute Gasteiger partial charge is 0.226 e. The van der Waals surface area contributed by atoms with Gasteiger partial charge in [-0.15, -0.1) is 11.3 Å². The quantitative estimate of drug-likeness (QED) is 0.770. The molecule has 0 bridgehead atoms. The number of nitrogens with zero attached hydrogens (tertiary/aromatic N) is 1. The van der Waals surface area contributed by atoms with E-state index in [0.717, 1.165) is 34.2 Å². The van der Waals surface area contributed by atoms with Crippen molar-refractivity contribution in [2.45, 2.75) is 44.9 Å². The number of rotatable bonds is 6. The maximum Gasteiger partial charge on any atom is 0.226 e. The number of carbonyl (C=O) groups excluding carboxylic acids is 1. The van der Waals surface area contributed by atoms with Crippen LogP contribution in [0.3, 0.4) is 0 Å². The Bertz CT molecular complexity index is 665. The molecule has 3 nitrogen and oxygen atoms in total. The van der Waals surface area contributed by atoms with Gasteiger partial charge in [-0.1, -0.05) is 49.4 Å². The molecule has 1 aliphatic rings. The predicted octanol–water partition coefficient (Wildman–Crippen LogP) is 5.30. The minimum atomic E-state index is 0.0838. The molecule has 1 amide bonds. The highest BCUT2D eigenvalue weighted by molar-refractivity contribution is 7.15. The lowest BCUT2D eigenvalue weighted by molar-refractivity contribution is -0.116. The van der Waals surface area contributed by atoms with Gasteiger partial charge >= 0.3 is 0 Å². The number of thiazole rings is 1. The summed E-state index contributed by atoms with van der Waals surface area (Å²) in [4.78, 5) is 17.5. The van der Waals surface area contributed by atoms with E-state index < -0.39 is 0 Å². The van der Waals surface area contributed by atoms with Crippen molar-refractivity contribution in [3.63, 3.8) is 0 Å². The van der Waals surface area contributed by atoms with E-state index in [2.05, 4.69) is 10.3 Å². The van der Waals surface area contributed by atoms with Crippen molar-refractivity contribution in [1.29, 1.82) is 0 Å². The molecule has 1 N–H and O–H groups in total. The van der Waals surface area contributed by atoms with Crippen molar-refractivity contribution < 1.29 is 4.79 Å². The molecule has 0 radical (unpaired) electrons. The summed E-state index contributed by atoms with van der Waals surface area (Å²) in [7, 11) is 0. The lowest BCUT2D eigenvalue weighted by atomic mass is 10.0. The van der Waals surface area contributed by atoms with E-state index in [1.165, 1.54) is 37.0 Å². The molecule has 0 spiro atoms. The molecule has 3 rings (SSSR count). The normalized spacial score (nSPS) is 15.0.